The Hall–Kier alpha value is -1.26. The van der Waals surface area contributed by atoms with Gasteiger partial charge in [0.15, 0.2) is 0 Å². The Morgan fingerprint density at radius 3 is 2.65 bits per heavy atom. The van der Waals surface area contributed by atoms with E-state index in [0.29, 0.717) is 22.8 Å². The first-order chi connectivity index (χ1) is 9.56. The van der Waals surface area contributed by atoms with Crippen molar-refractivity contribution in [3.63, 3.8) is 0 Å². The number of esters is 1. The van der Waals surface area contributed by atoms with E-state index in [1.165, 1.54) is 14.2 Å². The SMILES string of the molecule is CCCCC(C(=O)OC)C(O)c1c(Cl)cccc1OC. The highest BCUT2D eigenvalue weighted by Crippen LogP contribution is 2.37. The first-order valence-corrected chi connectivity index (χ1v) is 7.02. The smallest absolute Gasteiger partial charge is 0.311 e. The van der Waals surface area contributed by atoms with Crippen molar-refractivity contribution >= 4 is 17.6 Å². The molecule has 1 rings (SSSR count). The number of ether oxygens (including phenoxy) is 2. The summed E-state index contributed by atoms with van der Waals surface area (Å²) in [7, 11) is 2.82. The molecule has 2 atom stereocenters. The lowest BCUT2D eigenvalue weighted by Gasteiger charge is -2.23. The van der Waals surface area contributed by atoms with Gasteiger partial charge in [0.2, 0.25) is 0 Å². The molecule has 0 aromatic heterocycles. The molecule has 0 spiro atoms. The molecule has 0 aliphatic carbocycles. The Morgan fingerprint density at radius 2 is 2.10 bits per heavy atom. The summed E-state index contributed by atoms with van der Waals surface area (Å²) in [5.41, 5.74) is 0.433. The molecule has 0 amide bonds. The monoisotopic (exact) mass is 300 g/mol. The fourth-order valence-corrected chi connectivity index (χ4v) is 2.44. The normalized spacial score (nSPS) is 13.7. The van der Waals surface area contributed by atoms with Crippen molar-refractivity contribution in [3.8, 4) is 5.75 Å². The van der Waals surface area contributed by atoms with Crippen molar-refractivity contribution in [1.29, 1.82) is 0 Å². The molecular formula is C15H21ClO4. The summed E-state index contributed by atoms with van der Waals surface area (Å²) in [5.74, 6) is -0.614. The zero-order valence-electron chi connectivity index (χ0n) is 12.1. The Morgan fingerprint density at radius 1 is 1.40 bits per heavy atom. The Bertz CT molecular complexity index is 447. The number of rotatable bonds is 7. The van der Waals surface area contributed by atoms with E-state index >= 15 is 0 Å². The Balaban J connectivity index is 3.11. The molecule has 1 aromatic rings. The van der Waals surface area contributed by atoms with E-state index in [9.17, 15) is 9.90 Å². The molecule has 0 aliphatic rings. The van der Waals surface area contributed by atoms with Crippen LogP contribution >= 0.6 is 11.6 Å². The van der Waals surface area contributed by atoms with E-state index < -0.39 is 18.0 Å². The second kappa shape index (κ2) is 8.12. The summed E-state index contributed by atoms with van der Waals surface area (Å²) in [6.07, 6.45) is 1.25. The Labute approximate surface area is 124 Å². The molecule has 0 bridgehead atoms. The molecule has 4 nitrogen and oxygen atoms in total. The quantitative estimate of drug-likeness (QED) is 0.785. The number of hydrogen-bond donors (Lipinski definition) is 1. The largest absolute Gasteiger partial charge is 0.496 e. The third-order valence-electron chi connectivity index (χ3n) is 3.28. The van der Waals surface area contributed by atoms with Gasteiger partial charge < -0.3 is 14.6 Å². The number of unbranched alkanes of at least 4 members (excludes halogenated alkanes) is 1. The lowest BCUT2D eigenvalue weighted by atomic mass is 9.90. The van der Waals surface area contributed by atoms with Gasteiger partial charge in [0, 0.05) is 5.56 Å². The summed E-state index contributed by atoms with van der Waals surface area (Å²) in [5, 5.41) is 10.9. The molecule has 20 heavy (non-hydrogen) atoms. The standard InChI is InChI=1S/C15H21ClO4/c1-4-5-7-10(15(18)20-3)14(17)13-11(16)8-6-9-12(13)19-2/h6,8-10,14,17H,4-5,7H2,1-3H3. The van der Waals surface area contributed by atoms with Crippen LogP contribution in [0.1, 0.15) is 37.9 Å². The van der Waals surface area contributed by atoms with Crippen molar-refractivity contribution in [2.24, 2.45) is 5.92 Å². The van der Waals surface area contributed by atoms with Gasteiger partial charge in [-0.3, -0.25) is 4.79 Å². The van der Waals surface area contributed by atoms with Crippen LogP contribution in [0, 0.1) is 5.92 Å². The first kappa shape index (κ1) is 16.8. The second-order valence-electron chi connectivity index (χ2n) is 4.57. The van der Waals surface area contributed by atoms with Gasteiger partial charge in [-0.05, 0) is 18.6 Å². The van der Waals surface area contributed by atoms with Crippen LogP contribution in [0.2, 0.25) is 5.02 Å². The molecule has 0 heterocycles. The van der Waals surface area contributed by atoms with Gasteiger partial charge in [-0.1, -0.05) is 37.4 Å². The van der Waals surface area contributed by atoms with Crippen LogP contribution in [-0.4, -0.2) is 25.3 Å². The Kier molecular flexibility index (Phi) is 6.82. The predicted molar refractivity (Wildman–Crippen MR) is 78.0 cm³/mol. The van der Waals surface area contributed by atoms with E-state index in [2.05, 4.69) is 0 Å². The highest BCUT2D eigenvalue weighted by molar-refractivity contribution is 6.31. The van der Waals surface area contributed by atoms with Crippen LogP contribution in [-0.2, 0) is 9.53 Å². The topological polar surface area (TPSA) is 55.8 Å². The first-order valence-electron chi connectivity index (χ1n) is 6.65. The number of aliphatic hydroxyl groups excluding tert-OH is 1. The summed E-state index contributed by atoms with van der Waals surface area (Å²) in [6.45, 7) is 2.02. The highest BCUT2D eigenvalue weighted by Gasteiger charge is 2.31. The van der Waals surface area contributed by atoms with Gasteiger partial charge in [-0.25, -0.2) is 0 Å². The van der Waals surface area contributed by atoms with Gasteiger partial charge in [0.25, 0.3) is 0 Å². The molecule has 0 fully saturated rings. The van der Waals surface area contributed by atoms with E-state index in [4.69, 9.17) is 21.1 Å². The van der Waals surface area contributed by atoms with Crippen molar-refractivity contribution < 1.29 is 19.4 Å². The number of aliphatic hydroxyl groups is 1. The minimum atomic E-state index is -1.04. The van der Waals surface area contributed by atoms with Crippen LogP contribution < -0.4 is 4.74 Å². The van der Waals surface area contributed by atoms with Crippen molar-refractivity contribution in [2.45, 2.75) is 32.3 Å². The van der Waals surface area contributed by atoms with E-state index in [1.54, 1.807) is 18.2 Å². The van der Waals surface area contributed by atoms with Gasteiger partial charge in [-0.2, -0.15) is 0 Å². The number of halogens is 1. The molecule has 1 N–H and O–H groups in total. The van der Waals surface area contributed by atoms with Crippen molar-refractivity contribution in [1.82, 2.24) is 0 Å². The lowest BCUT2D eigenvalue weighted by Crippen LogP contribution is -2.24. The molecule has 112 valence electrons. The number of carbonyl (C=O) groups excluding carboxylic acids is 1. The molecule has 0 radical (unpaired) electrons. The number of carbonyl (C=O) groups is 1. The zero-order chi connectivity index (χ0) is 15.1. The van der Waals surface area contributed by atoms with E-state index in [1.807, 2.05) is 6.92 Å². The van der Waals surface area contributed by atoms with Gasteiger partial charge in [-0.15, -0.1) is 0 Å². The van der Waals surface area contributed by atoms with Crippen LogP contribution in [0.5, 0.6) is 5.75 Å². The average Bonchev–Trinajstić information content (AvgIpc) is 2.46. The lowest BCUT2D eigenvalue weighted by molar-refractivity contribution is -0.150. The maximum atomic E-state index is 11.9. The summed E-state index contributed by atoms with van der Waals surface area (Å²) >= 11 is 6.14. The van der Waals surface area contributed by atoms with Crippen LogP contribution in [0.15, 0.2) is 18.2 Å². The van der Waals surface area contributed by atoms with Crippen LogP contribution in [0.3, 0.4) is 0 Å². The molecule has 0 aliphatic heterocycles. The third-order valence-corrected chi connectivity index (χ3v) is 3.61. The number of hydrogen-bond acceptors (Lipinski definition) is 4. The summed E-state index contributed by atoms with van der Waals surface area (Å²) < 4.78 is 10.0. The van der Waals surface area contributed by atoms with E-state index in [0.717, 1.165) is 12.8 Å². The zero-order valence-corrected chi connectivity index (χ0v) is 12.8. The highest BCUT2D eigenvalue weighted by atomic mass is 35.5. The number of methoxy groups -OCH3 is 2. The molecule has 2 unspecified atom stereocenters. The average molecular weight is 301 g/mol. The van der Waals surface area contributed by atoms with Crippen LogP contribution in [0.25, 0.3) is 0 Å². The fourth-order valence-electron chi connectivity index (χ4n) is 2.16. The van der Waals surface area contributed by atoms with Gasteiger partial charge >= 0.3 is 5.97 Å². The molecule has 0 saturated heterocycles. The predicted octanol–water partition coefficient (Wildman–Crippen LogP) is 3.36. The summed E-state index contributed by atoms with van der Waals surface area (Å²) in [6, 6.07) is 5.10. The minimum Gasteiger partial charge on any atom is -0.496 e. The maximum Gasteiger partial charge on any atom is 0.311 e. The van der Waals surface area contributed by atoms with Crippen molar-refractivity contribution in [3.05, 3.63) is 28.8 Å². The maximum absolute atomic E-state index is 11.9. The van der Waals surface area contributed by atoms with E-state index in [-0.39, 0.29) is 0 Å². The summed E-state index contributed by atoms with van der Waals surface area (Å²) in [4.78, 5) is 11.9. The minimum absolute atomic E-state index is 0.377. The van der Waals surface area contributed by atoms with Crippen LogP contribution in [0.4, 0.5) is 0 Å². The van der Waals surface area contributed by atoms with Crippen molar-refractivity contribution in [2.75, 3.05) is 14.2 Å². The third kappa shape index (κ3) is 3.87. The van der Waals surface area contributed by atoms with Gasteiger partial charge in [0.1, 0.15) is 5.75 Å². The molecule has 0 saturated carbocycles. The van der Waals surface area contributed by atoms with Gasteiger partial charge in [0.05, 0.1) is 31.3 Å². The molecule has 5 heteroatoms. The number of benzene rings is 1. The second-order valence-corrected chi connectivity index (χ2v) is 4.98. The molecular weight excluding hydrogens is 280 g/mol. The molecule has 1 aromatic carbocycles. The fraction of sp³-hybridized carbons (Fsp3) is 0.533.